The summed E-state index contributed by atoms with van der Waals surface area (Å²) in [6.45, 7) is 0. The topological polar surface area (TPSA) is 0 Å². The normalized spacial score (nSPS) is 10.7. The molecule has 0 N–H and O–H groups in total. The van der Waals surface area contributed by atoms with E-state index in [-0.39, 0.29) is 10.8 Å². The minimum absolute atomic E-state index is 0.277. The molecule has 0 aliphatic carbocycles. The number of halogens is 5. The summed E-state index contributed by atoms with van der Waals surface area (Å²) < 4.78 is 13.8. The van der Waals surface area contributed by atoms with Crippen LogP contribution in [0.1, 0.15) is 5.56 Å². The van der Waals surface area contributed by atoms with E-state index in [2.05, 4.69) is 15.9 Å². The summed E-state index contributed by atoms with van der Waals surface area (Å²) in [5, 5.41) is 1.54. The van der Waals surface area contributed by atoms with Gasteiger partial charge in [-0.05, 0) is 35.4 Å². The molecule has 0 unspecified atom stereocenters. The van der Waals surface area contributed by atoms with Gasteiger partial charge in [-0.1, -0.05) is 56.8 Å². The Balaban J connectivity index is 2.61. The first-order valence-electron chi connectivity index (χ1n) is 5.02. The molecule has 0 aliphatic rings. The molecule has 0 heterocycles. The lowest BCUT2D eigenvalue weighted by molar-refractivity contribution is 0.631. The molecule has 2 rings (SSSR count). The van der Waals surface area contributed by atoms with E-state index in [0.717, 1.165) is 5.56 Å². The van der Waals surface area contributed by atoms with Gasteiger partial charge in [0, 0.05) is 10.9 Å². The number of alkyl halides is 1. The lowest BCUT2D eigenvalue weighted by atomic mass is 10.0. The fourth-order valence-corrected chi connectivity index (χ4v) is 2.53. The molecule has 0 nitrogen and oxygen atoms in total. The van der Waals surface area contributed by atoms with Crippen molar-refractivity contribution < 1.29 is 4.39 Å². The monoisotopic (exact) mass is 366 g/mol. The first-order valence-corrected chi connectivity index (χ1v) is 7.27. The average molecular weight is 368 g/mol. The highest BCUT2D eigenvalue weighted by Crippen LogP contribution is 2.36. The molecule has 2 aromatic rings. The van der Waals surface area contributed by atoms with Crippen molar-refractivity contribution in [2.75, 3.05) is 0 Å². The highest BCUT2D eigenvalue weighted by molar-refractivity contribution is 9.08. The first-order chi connectivity index (χ1) is 8.52. The van der Waals surface area contributed by atoms with E-state index in [1.807, 2.05) is 0 Å². The van der Waals surface area contributed by atoms with Crippen LogP contribution in [0.25, 0.3) is 11.1 Å². The highest BCUT2D eigenvalue weighted by atomic mass is 79.9. The predicted molar refractivity (Wildman–Crippen MR) is 79.5 cm³/mol. The SMILES string of the molecule is Fc1ccc(CBr)cc1-c1cc(Cl)c(Cl)c(Cl)c1. The molecule has 18 heavy (non-hydrogen) atoms. The molecule has 0 saturated carbocycles. The molecule has 0 fully saturated rings. The van der Waals surface area contributed by atoms with Crippen molar-refractivity contribution in [2.24, 2.45) is 0 Å². The smallest absolute Gasteiger partial charge is 0.131 e. The molecule has 0 saturated heterocycles. The summed E-state index contributed by atoms with van der Waals surface area (Å²) in [6, 6.07) is 8.09. The van der Waals surface area contributed by atoms with E-state index in [1.165, 1.54) is 6.07 Å². The molecular weight excluding hydrogens is 361 g/mol. The second-order valence-electron chi connectivity index (χ2n) is 3.70. The molecule has 0 radical (unpaired) electrons. The molecule has 0 amide bonds. The standard InChI is InChI=1S/C13H7BrCl3F/c14-6-7-1-2-12(18)9(3-7)8-4-10(15)13(17)11(16)5-8/h1-5H,6H2. The zero-order valence-electron chi connectivity index (χ0n) is 8.98. The molecular formula is C13H7BrCl3F. The molecule has 0 aliphatic heterocycles. The zero-order valence-corrected chi connectivity index (χ0v) is 12.8. The highest BCUT2D eigenvalue weighted by Gasteiger charge is 2.11. The van der Waals surface area contributed by atoms with Crippen molar-refractivity contribution in [3.05, 3.63) is 56.8 Å². The lowest BCUT2D eigenvalue weighted by Gasteiger charge is -2.08. The number of hydrogen-bond donors (Lipinski definition) is 0. The maximum absolute atomic E-state index is 13.8. The Morgan fingerprint density at radius 1 is 1.00 bits per heavy atom. The minimum Gasteiger partial charge on any atom is -0.206 e. The van der Waals surface area contributed by atoms with Crippen molar-refractivity contribution in [1.29, 1.82) is 0 Å². The van der Waals surface area contributed by atoms with Gasteiger partial charge in [-0.15, -0.1) is 0 Å². The van der Waals surface area contributed by atoms with Crippen molar-refractivity contribution in [1.82, 2.24) is 0 Å². The third-order valence-electron chi connectivity index (χ3n) is 2.48. The van der Waals surface area contributed by atoms with E-state index in [4.69, 9.17) is 34.8 Å². The quantitative estimate of drug-likeness (QED) is 0.428. The Morgan fingerprint density at radius 3 is 2.17 bits per heavy atom. The van der Waals surface area contributed by atoms with Gasteiger partial charge in [-0.3, -0.25) is 0 Å². The van der Waals surface area contributed by atoms with E-state index >= 15 is 0 Å². The summed E-state index contributed by atoms with van der Waals surface area (Å²) in [6.07, 6.45) is 0. The summed E-state index contributed by atoms with van der Waals surface area (Å²) in [5.41, 5.74) is 2.02. The van der Waals surface area contributed by atoms with Crippen LogP contribution in [0.3, 0.4) is 0 Å². The second kappa shape index (κ2) is 5.79. The predicted octanol–water partition coefficient (Wildman–Crippen LogP) is 6.35. The second-order valence-corrected chi connectivity index (χ2v) is 5.45. The summed E-state index contributed by atoms with van der Waals surface area (Å²) in [5.74, 6) is -0.325. The first kappa shape index (κ1) is 14.1. The lowest BCUT2D eigenvalue weighted by Crippen LogP contribution is -1.88. The van der Waals surface area contributed by atoms with Gasteiger partial charge in [0.2, 0.25) is 0 Å². The van der Waals surface area contributed by atoms with Gasteiger partial charge in [0.15, 0.2) is 0 Å². The number of rotatable bonds is 2. The molecule has 0 aromatic heterocycles. The van der Waals surface area contributed by atoms with Crippen molar-refractivity contribution in [3.63, 3.8) is 0 Å². The molecule has 0 spiro atoms. The van der Waals surface area contributed by atoms with Crippen LogP contribution in [-0.2, 0) is 5.33 Å². The fraction of sp³-hybridized carbons (Fsp3) is 0.0769. The van der Waals surface area contributed by atoms with Gasteiger partial charge in [0.25, 0.3) is 0 Å². The molecule has 5 heteroatoms. The summed E-state index contributed by atoms with van der Waals surface area (Å²) in [4.78, 5) is 0. The van der Waals surface area contributed by atoms with E-state index in [9.17, 15) is 4.39 Å². The van der Waals surface area contributed by atoms with Gasteiger partial charge in [-0.25, -0.2) is 4.39 Å². The summed E-state index contributed by atoms with van der Waals surface area (Å²) in [7, 11) is 0. The van der Waals surface area contributed by atoms with Crippen molar-refractivity contribution in [2.45, 2.75) is 5.33 Å². The minimum atomic E-state index is -0.325. The maximum atomic E-state index is 13.8. The van der Waals surface area contributed by atoms with Crippen LogP contribution in [0.2, 0.25) is 15.1 Å². The van der Waals surface area contributed by atoms with E-state index < -0.39 is 0 Å². The van der Waals surface area contributed by atoms with Crippen molar-refractivity contribution in [3.8, 4) is 11.1 Å². The third-order valence-corrected chi connectivity index (χ3v) is 4.32. The fourth-order valence-electron chi connectivity index (χ4n) is 1.59. The maximum Gasteiger partial charge on any atom is 0.131 e. The van der Waals surface area contributed by atoms with E-state index in [1.54, 1.807) is 24.3 Å². The van der Waals surface area contributed by atoms with Crippen LogP contribution in [0, 0.1) is 5.82 Å². The van der Waals surface area contributed by atoms with Gasteiger partial charge < -0.3 is 0 Å². The Kier molecular flexibility index (Phi) is 4.54. The molecule has 94 valence electrons. The Morgan fingerprint density at radius 2 is 1.61 bits per heavy atom. The van der Waals surface area contributed by atoms with Crippen LogP contribution < -0.4 is 0 Å². The Labute approximate surface area is 128 Å². The van der Waals surface area contributed by atoms with Crippen LogP contribution in [0.15, 0.2) is 30.3 Å². The number of hydrogen-bond acceptors (Lipinski definition) is 0. The van der Waals surface area contributed by atoms with Crippen LogP contribution in [-0.4, -0.2) is 0 Å². The van der Waals surface area contributed by atoms with Crippen LogP contribution in [0.5, 0.6) is 0 Å². The zero-order chi connectivity index (χ0) is 13.3. The van der Waals surface area contributed by atoms with Gasteiger partial charge in [0.1, 0.15) is 5.82 Å². The van der Waals surface area contributed by atoms with Gasteiger partial charge >= 0.3 is 0 Å². The van der Waals surface area contributed by atoms with Crippen LogP contribution >= 0.6 is 50.7 Å². The Bertz CT molecular complexity index is 576. The molecule has 2 aromatic carbocycles. The Hall–Kier alpha value is -0.280. The third kappa shape index (κ3) is 2.83. The van der Waals surface area contributed by atoms with Crippen molar-refractivity contribution >= 4 is 50.7 Å². The summed E-state index contributed by atoms with van der Waals surface area (Å²) >= 11 is 21.1. The molecule has 0 atom stereocenters. The van der Waals surface area contributed by atoms with Gasteiger partial charge in [0.05, 0.1) is 15.1 Å². The largest absolute Gasteiger partial charge is 0.206 e. The van der Waals surface area contributed by atoms with Gasteiger partial charge in [-0.2, -0.15) is 0 Å². The van der Waals surface area contributed by atoms with Crippen LogP contribution in [0.4, 0.5) is 4.39 Å². The number of benzene rings is 2. The molecule has 0 bridgehead atoms. The average Bonchev–Trinajstić information content (AvgIpc) is 2.36. The van der Waals surface area contributed by atoms with E-state index in [0.29, 0.717) is 26.5 Å².